The van der Waals surface area contributed by atoms with Gasteiger partial charge in [-0.15, -0.1) is 0 Å². The largest absolute Gasteiger partial charge is 0.396 e. The summed E-state index contributed by atoms with van der Waals surface area (Å²) in [6.45, 7) is 3.85. The lowest BCUT2D eigenvalue weighted by Crippen LogP contribution is -2.19. The van der Waals surface area contributed by atoms with Crippen LogP contribution >= 0.6 is 0 Å². The number of aliphatic hydroxyl groups is 1. The van der Waals surface area contributed by atoms with E-state index in [0.29, 0.717) is 25.2 Å². The van der Waals surface area contributed by atoms with E-state index in [0.717, 1.165) is 0 Å². The lowest BCUT2D eigenvalue weighted by atomic mass is 10.1. The maximum Gasteiger partial charge on any atom is 0.389 e. The average molecular weight is 267 g/mol. The van der Waals surface area contributed by atoms with E-state index in [2.05, 4.69) is 15.5 Å². The summed E-state index contributed by atoms with van der Waals surface area (Å²) in [6.07, 6.45) is -2.67. The summed E-state index contributed by atoms with van der Waals surface area (Å²) < 4.78 is 36.1. The second-order valence-corrected chi connectivity index (χ2v) is 3.95. The second kappa shape index (κ2) is 8.91. The maximum atomic E-state index is 12.0. The van der Waals surface area contributed by atoms with Gasteiger partial charge in [0.15, 0.2) is 0 Å². The molecule has 0 heterocycles. The first-order valence-corrected chi connectivity index (χ1v) is 5.89. The topological polar surface area (TPSA) is 57.0 Å². The van der Waals surface area contributed by atoms with E-state index in [4.69, 9.17) is 5.11 Å². The Morgan fingerprint density at radius 2 is 2.11 bits per heavy atom. The van der Waals surface area contributed by atoms with E-state index in [1.807, 2.05) is 6.92 Å². The third-order valence-corrected chi connectivity index (χ3v) is 2.03. The Kier molecular flexibility index (Phi) is 8.36. The molecular formula is C11H20F3N3O. The van der Waals surface area contributed by atoms with Gasteiger partial charge in [-0.3, -0.25) is 10.4 Å². The standard InChI is InChI=1S/C11H20F3N3O/c1-3-10(15-5-4-6-18)17-16-8-9(2)7-11(12,13)14/h8-9,18H,3-7H2,1-2H3,(H,15,17)/b16-8-. The molecule has 4 nitrogen and oxygen atoms in total. The summed E-state index contributed by atoms with van der Waals surface area (Å²) in [6, 6.07) is 0. The first-order chi connectivity index (χ1) is 8.39. The van der Waals surface area contributed by atoms with Gasteiger partial charge in [-0.25, -0.2) is 0 Å². The summed E-state index contributed by atoms with van der Waals surface area (Å²) in [4.78, 5) is 4.11. The highest BCUT2D eigenvalue weighted by Crippen LogP contribution is 2.23. The van der Waals surface area contributed by atoms with Crippen LogP contribution in [0.5, 0.6) is 0 Å². The molecule has 0 aromatic rings. The minimum Gasteiger partial charge on any atom is -0.396 e. The predicted octanol–water partition coefficient (Wildman–Crippen LogP) is 2.34. The molecule has 0 rings (SSSR count). The number of aliphatic imine (C=N–C) groups is 1. The quantitative estimate of drug-likeness (QED) is 0.322. The molecule has 0 saturated heterocycles. The number of halogens is 3. The van der Waals surface area contributed by atoms with E-state index in [-0.39, 0.29) is 6.61 Å². The Balaban J connectivity index is 4.07. The molecule has 0 aromatic carbocycles. The number of hydrazone groups is 1. The molecule has 0 amide bonds. The monoisotopic (exact) mass is 267 g/mol. The van der Waals surface area contributed by atoms with Gasteiger partial charge in [-0.2, -0.15) is 18.3 Å². The highest BCUT2D eigenvalue weighted by atomic mass is 19.4. The fraction of sp³-hybridized carbons (Fsp3) is 0.818. The fourth-order valence-electron chi connectivity index (χ4n) is 1.17. The lowest BCUT2D eigenvalue weighted by Gasteiger charge is -2.09. The van der Waals surface area contributed by atoms with Crippen molar-refractivity contribution in [1.29, 1.82) is 0 Å². The number of aliphatic hydroxyl groups excluding tert-OH is 1. The zero-order chi connectivity index (χ0) is 14.0. The van der Waals surface area contributed by atoms with Crippen molar-refractivity contribution >= 4 is 12.1 Å². The van der Waals surface area contributed by atoms with Crippen LogP contribution in [-0.4, -0.2) is 36.5 Å². The van der Waals surface area contributed by atoms with Gasteiger partial charge in [0.05, 0.1) is 6.42 Å². The zero-order valence-corrected chi connectivity index (χ0v) is 10.7. The molecule has 0 radical (unpaired) electrons. The summed E-state index contributed by atoms with van der Waals surface area (Å²) in [5, 5.41) is 12.3. The Morgan fingerprint density at radius 3 is 2.61 bits per heavy atom. The number of alkyl halides is 3. The molecule has 1 atom stereocenters. The van der Waals surface area contributed by atoms with Gasteiger partial charge < -0.3 is 5.11 Å². The summed E-state index contributed by atoms with van der Waals surface area (Å²) in [7, 11) is 0. The van der Waals surface area contributed by atoms with E-state index in [9.17, 15) is 13.2 Å². The minimum absolute atomic E-state index is 0.0619. The Hall–Kier alpha value is -1.11. The maximum absolute atomic E-state index is 12.0. The SMILES string of the molecule is CCC(=NCCCO)N/N=C\C(C)CC(F)(F)F. The highest BCUT2D eigenvalue weighted by Gasteiger charge is 2.29. The summed E-state index contributed by atoms with van der Waals surface area (Å²) >= 11 is 0. The molecule has 0 aliphatic rings. The number of nitrogens with zero attached hydrogens (tertiary/aromatic N) is 2. The van der Waals surface area contributed by atoms with Crippen LogP contribution < -0.4 is 5.43 Å². The Bertz CT molecular complexity index is 277. The summed E-state index contributed by atoms with van der Waals surface area (Å²) in [5.41, 5.74) is 2.62. The van der Waals surface area contributed by atoms with Crippen molar-refractivity contribution in [3.8, 4) is 0 Å². The van der Waals surface area contributed by atoms with E-state index < -0.39 is 18.5 Å². The van der Waals surface area contributed by atoms with Gasteiger partial charge in [-0.1, -0.05) is 13.8 Å². The van der Waals surface area contributed by atoms with E-state index >= 15 is 0 Å². The van der Waals surface area contributed by atoms with Gasteiger partial charge in [-0.05, 0) is 6.42 Å². The first-order valence-electron chi connectivity index (χ1n) is 5.89. The van der Waals surface area contributed by atoms with Crippen molar-refractivity contribution in [3.05, 3.63) is 0 Å². The van der Waals surface area contributed by atoms with Gasteiger partial charge >= 0.3 is 6.18 Å². The van der Waals surface area contributed by atoms with Gasteiger partial charge in [0.2, 0.25) is 0 Å². The fourth-order valence-corrected chi connectivity index (χ4v) is 1.17. The summed E-state index contributed by atoms with van der Waals surface area (Å²) in [5.74, 6) is -0.0769. The molecule has 18 heavy (non-hydrogen) atoms. The predicted molar refractivity (Wildman–Crippen MR) is 65.8 cm³/mol. The van der Waals surface area contributed by atoms with Crippen molar-refractivity contribution in [2.24, 2.45) is 16.0 Å². The number of nitrogens with one attached hydrogen (secondary N) is 1. The lowest BCUT2D eigenvalue weighted by molar-refractivity contribution is -0.138. The van der Waals surface area contributed by atoms with Crippen LogP contribution in [0.1, 0.15) is 33.1 Å². The van der Waals surface area contributed by atoms with Crippen molar-refractivity contribution in [1.82, 2.24) is 5.43 Å². The van der Waals surface area contributed by atoms with Crippen molar-refractivity contribution in [2.45, 2.75) is 39.3 Å². The molecular weight excluding hydrogens is 247 g/mol. The van der Waals surface area contributed by atoms with Crippen molar-refractivity contribution < 1.29 is 18.3 Å². The normalized spacial score (nSPS) is 15.1. The molecule has 0 saturated carbocycles. The van der Waals surface area contributed by atoms with E-state index in [1.165, 1.54) is 13.1 Å². The number of hydrogen-bond donors (Lipinski definition) is 2. The van der Waals surface area contributed by atoms with E-state index in [1.54, 1.807) is 0 Å². The molecule has 0 aliphatic heterocycles. The molecule has 0 bridgehead atoms. The number of amidine groups is 1. The molecule has 1 unspecified atom stereocenters. The highest BCUT2D eigenvalue weighted by molar-refractivity contribution is 5.82. The van der Waals surface area contributed by atoms with Crippen LogP contribution in [0.4, 0.5) is 13.2 Å². The van der Waals surface area contributed by atoms with Gasteiger partial charge in [0, 0.05) is 31.7 Å². The minimum atomic E-state index is -4.17. The van der Waals surface area contributed by atoms with Crippen molar-refractivity contribution in [3.63, 3.8) is 0 Å². The molecule has 0 aliphatic carbocycles. The smallest absolute Gasteiger partial charge is 0.389 e. The molecule has 7 heteroatoms. The third-order valence-electron chi connectivity index (χ3n) is 2.03. The van der Waals surface area contributed by atoms with Gasteiger partial charge in [0.1, 0.15) is 5.84 Å². The molecule has 0 fully saturated rings. The zero-order valence-electron chi connectivity index (χ0n) is 10.7. The molecule has 0 spiro atoms. The van der Waals surface area contributed by atoms with Crippen LogP contribution in [0.25, 0.3) is 0 Å². The van der Waals surface area contributed by atoms with Crippen LogP contribution in [0.3, 0.4) is 0 Å². The molecule has 0 aromatic heterocycles. The third kappa shape index (κ3) is 10.1. The number of hydrogen-bond acceptors (Lipinski definition) is 3. The van der Waals surface area contributed by atoms with Crippen LogP contribution in [-0.2, 0) is 0 Å². The van der Waals surface area contributed by atoms with Crippen LogP contribution in [0, 0.1) is 5.92 Å². The average Bonchev–Trinajstić information content (AvgIpc) is 2.24. The van der Waals surface area contributed by atoms with Crippen LogP contribution in [0.2, 0.25) is 0 Å². The molecule has 106 valence electrons. The Labute approximate surface area is 105 Å². The molecule has 2 N–H and O–H groups in total. The number of rotatable bonds is 7. The van der Waals surface area contributed by atoms with Gasteiger partial charge in [0.25, 0.3) is 0 Å². The van der Waals surface area contributed by atoms with Crippen LogP contribution in [0.15, 0.2) is 10.1 Å². The first kappa shape index (κ1) is 16.9. The second-order valence-electron chi connectivity index (χ2n) is 3.95. The Morgan fingerprint density at radius 1 is 1.44 bits per heavy atom. The van der Waals surface area contributed by atoms with Crippen molar-refractivity contribution in [2.75, 3.05) is 13.2 Å².